The monoisotopic (exact) mass is 452 g/mol. The van der Waals surface area contributed by atoms with E-state index < -0.39 is 9.84 Å². The lowest BCUT2D eigenvalue weighted by Crippen LogP contribution is -2.15. The van der Waals surface area contributed by atoms with Crippen molar-refractivity contribution in [2.75, 3.05) is 11.1 Å². The number of halogens is 1. The Bertz CT molecular complexity index is 1130. The van der Waals surface area contributed by atoms with Crippen LogP contribution in [0.5, 0.6) is 5.75 Å². The van der Waals surface area contributed by atoms with E-state index in [-0.39, 0.29) is 39.6 Å². The number of phenols is 1. The molecule has 0 aliphatic carbocycles. The molecule has 0 radical (unpaired) electrons. The Kier molecular flexibility index (Phi) is 6.46. The second-order valence-corrected chi connectivity index (χ2v) is 9.40. The number of phenolic OH excluding ortho intramolecular Hbond substituents is 1. The van der Waals surface area contributed by atoms with Gasteiger partial charge in [-0.05, 0) is 30.3 Å². The smallest absolute Gasteiger partial charge is 0.234 e. The second kappa shape index (κ2) is 8.85. The maximum absolute atomic E-state index is 12.5. The van der Waals surface area contributed by atoms with Crippen LogP contribution in [-0.4, -0.2) is 39.9 Å². The number of sulfone groups is 1. The van der Waals surface area contributed by atoms with Crippen LogP contribution < -0.4 is 5.32 Å². The minimum atomic E-state index is -3.56. The Morgan fingerprint density at radius 3 is 2.66 bits per heavy atom. The van der Waals surface area contributed by atoms with Gasteiger partial charge in [-0.15, -0.1) is 10.2 Å². The summed E-state index contributed by atoms with van der Waals surface area (Å²) in [5.74, 6) is -0.523. The second-order valence-electron chi connectivity index (χ2n) is 6.03. The lowest BCUT2D eigenvalue weighted by Gasteiger charge is -2.08. The van der Waals surface area contributed by atoms with Crippen LogP contribution >= 0.6 is 23.4 Å². The maximum Gasteiger partial charge on any atom is 0.234 e. The van der Waals surface area contributed by atoms with E-state index in [4.69, 9.17) is 11.6 Å². The first kappa shape index (κ1) is 21.2. The van der Waals surface area contributed by atoms with Gasteiger partial charge in [-0.1, -0.05) is 41.6 Å². The summed E-state index contributed by atoms with van der Waals surface area (Å²) >= 11 is 6.95. The third-order valence-corrected chi connectivity index (χ3v) is 6.80. The third-order valence-electron chi connectivity index (χ3n) is 3.91. The molecule has 2 N–H and O–H groups in total. The number of aromatic nitrogens is 3. The summed E-state index contributed by atoms with van der Waals surface area (Å²) in [6.07, 6.45) is 0. The molecule has 1 aromatic heterocycles. The summed E-state index contributed by atoms with van der Waals surface area (Å²) in [6.45, 7) is 0. The molecule has 2 aromatic carbocycles. The van der Waals surface area contributed by atoms with Gasteiger partial charge in [0.25, 0.3) is 0 Å². The fraction of sp³-hybridized carbons (Fsp3) is 0.167. The predicted molar refractivity (Wildman–Crippen MR) is 111 cm³/mol. The lowest BCUT2D eigenvalue weighted by molar-refractivity contribution is -0.113. The van der Waals surface area contributed by atoms with Gasteiger partial charge in [-0.2, -0.15) is 0 Å². The first-order chi connectivity index (χ1) is 13.8. The van der Waals surface area contributed by atoms with E-state index >= 15 is 0 Å². The number of thioether (sulfide) groups is 1. The number of benzene rings is 2. The van der Waals surface area contributed by atoms with Gasteiger partial charge in [0.1, 0.15) is 17.3 Å². The molecule has 29 heavy (non-hydrogen) atoms. The Morgan fingerprint density at radius 1 is 1.21 bits per heavy atom. The number of nitrogens with zero attached hydrogens (tertiary/aromatic N) is 3. The van der Waals surface area contributed by atoms with Crippen molar-refractivity contribution >= 4 is 44.8 Å². The van der Waals surface area contributed by atoms with Crippen molar-refractivity contribution in [2.24, 2.45) is 7.05 Å². The van der Waals surface area contributed by atoms with Crippen LogP contribution in [0.2, 0.25) is 5.02 Å². The van der Waals surface area contributed by atoms with E-state index in [1.807, 2.05) is 0 Å². The van der Waals surface area contributed by atoms with E-state index in [0.717, 1.165) is 11.8 Å². The number of nitrogens with one attached hydrogen (secondary N) is 1. The highest BCUT2D eigenvalue weighted by atomic mass is 35.5. The summed E-state index contributed by atoms with van der Waals surface area (Å²) in [5.41, 5.74) is 0.204. The number of anilines is 1. The minimum Gasteiger partial charge on any atom is -0.506 e. The summed E-state index contributed by atoms with van der Waals surface area (Å²) in [5, 5.41) is 21.0. The fourth-order valence-corrected chi connectivity index (χ4v) is 4.63. The average Bonchev–Trinajstić information content (AvgIpc) is 3.03. The summed E-state index contributed by atoms with van der Waals surface area (Å²) in [4.78, 5) is 12.3. The van der Waals surface area contributed by atoms with E-state index in [1.54, 1.807) is 25.2 Å². The molecule has 0 atom stereocenters. The van der Waals surface area contributed by atoms with Gasteiger partial charge in [-0.25, -0.2) is 8.42 Å². The predicted octanol–water partition coefficient (Wildman–Crippen LogP) is 2.88. The Labute approximate surface area is 176 Å². The Morgan fingerprint density at radius 2 is 1.93 bits per heavy atom. The van der Waals surface area contributed by atoms with Crippen molar-refractivity contribution in [1.82, 2.24) is 14.8 Å². The first-order valence-corrected chi connectivity index (χ1v) is 11.3. The molecule has 0 bridgehead atoms. The molecule has 0 saturated heterocycles. The molecule has 11 heteroatoms. The Balaban J connectivity index is 1.64. The number of rotatable bonds is 7. The molecule has 3 rings (SSSR count). The molecule has 8 nitrogen and oxygen atoms in total. The summed E-state index contributed by atoms with van der Waals surface area (Å²) in [6, 6.07) is 12.4. The van der Waals surface area contributed by atoms with E-state index in [2.05, 4.69) is 15.5 Å². The van der Waals surface area contributed by atoms with Crippen LogP contribution in [0, 0.1) is 0 Å². The van der Waals surface area contributed by atoms with E-state index in [9.17, 15) is 18.3 Å². The third kappa shape index (κ3) is 5.28. The van der Waals surface area contributed by atoms with Crippen molar-refractivity contribution < 1.29 is 18.3 Å². The van der Waals surface area contributed by atoms with Gasteiger partial charge in [-0.3, -0.25) is 4.79 Å². The van der Waals surface area contributed by atoms with Crippen molar-refractivity contribution in [1.29, 1.82) is 0 Å². The molecule has 3 aromatic rings. The van der Waals surface area contributed by atoms with Crippen LogP contribution in [0.4, 0.5) is 5.69 Å². The van der Waals surface area contributed by atoms with Crippen molar-refractivity contribution in [2.45, 2.75) is 15.8 Å². The topological polar surface area (TPSA) is 114 Å². The summed E-state index contributed by atoms with van der Waals surface area (Å²) < 4.78 is 26.5. The van der Waals surface area contributed by atoms with Crippen LogP contribution in [0.15, 0.2) is 58.6 Å². The molecule has 0 aliphatic heterocycles. The highest BCUT2D eigenvalue weighted by molar-refractivity contribution is 7.99. The van der Waals surface area contributed by atoms with Gasteiger partial charge >= 0.3 is 0 Å². The van der Waals surface area contributed by atoms with E-state index in [0.29, 0.717) is 10.2 Å². The number of hydrogen-bond acceptors (Lipinski definition) is 7. The minimum absolute atomic E-state index is 0.0106. The molecule has 0 fully saturated rings. The standard InChI is InChI=1S/C18H17ClN4O4S2/c1-23-16(11-29(26,27)13-5-3-2-4-6-13)21-22-18(23)28-10-17(25)20-14-9-12(19)7-8-15(14)24/h2-9,24H,10-11H2,1H3,(H,20,25). The number of carbonyl (C=O) groups is 1. The number of aromatic hydroxyl groups is 1. The zero-order valence-electron chi connectivity index (χ0n) is 15.2. The fourth-order valence-electron chi connectivity index (χ4n) is 2.40. The van der Waals surface area contributed by atoms with Gasteiger partial charge < -0.3 is 15.0 Å². The van der Waals surface area contributed by atoms with Crippen LogP contribution in [0.25, 0.3) is 0 Å². The van der Waals surface area contributed by atoms with Crippen molar-refractivity contribution in [3.05, 3.63) is 59.4 Å². The molecule has 0 spiro atoms. The zero-order chi connectivity index (χ0) is 21.0. The SMILES string of the molecule is Cn1c(CS(=O)(=O)c2ccccc2)nnc1SCC(=O)Nc1cc(Cl)ccc1O. The highest BCUT2D eigenvalue weighted by Gasteiger charge is 2.20. The van der Waals surface area contributed by atoms with Crippen molar-refractivity contribution in [3.63, 3.8) is 0 Å². The molecular formula is C18H17ClN4O4S2. The van der Waals surface area contributed by atoms with Crippen molar-refractivity contribution in [3.8, 4) is 5.75 Å². The first-order valence-electron chi connectivity index (χ1n) is 8.33. The number of amides is 1. The van der Waals surface area contributed by atoms with Crippen LogP contribution in [0.3, 0.4) is 0 Å². The number of hydrogen-bond donors (Lipinski definition) is 2. The van der Waals surface area contributed by atoms with Gasteiger partial charge in [0.2, 0.25) is 5.91 Å². The summed E-state index contributed by atoms with van der Waals surface area (Å²) in [7, 11) is -1.92. The van der Waals surface area contributed by atoms with Crippen LogP contribution in [-0.2, 0) is 27.4 Å². The largest absolute Gasteiger partial charge is 0.506 e. The molecule has 152 valence electrons. The normalized spacial score (nSPS) is 11.4. The van der Waals surface area contributed by atoms with Gasteiger partial charge in [0, 0.05) is 12.1 Å². The average molecular weight is 453 g/mol. The molecule has 0 aliphatic rings. The van der Waals surface area contributed by atoms with Crippen LogP contribution in [0.1, 0.15) is 5.82 Å². The molecular weight excluding hydrogens is 436 g/mol. The lowest BCUT2D eigenvalue weighted by atomic mass is 10.3. The highest BCUT2D eigenvalue weighted by Crippen LogP contribution is 2.27. The van der Waals surface area contributed by atoms with Gasteiger partial charge in [0.05, 0.1) is 16.3 Å². The molecule has 1 amide bonds. The van der Waals surface area contributed by atoms with Gasteiger partial charge in [0.15, 0.2) is 15.0 Å². The number of carbonyl (C=O) groups excluding carboxylic acids is 1. The maximum atomic E-state index is 12.5. The molecule has 1 heterocycles. The quantitative estimate of drug-likeness (QED) is 0.418. The zero-order valence-corrected chi connectivity index (χ0v) is 17.6. The molecule has 0 saturated carbocycles. The molecule has 0 unspecified atom stereocenters. The Hall–Kier alpha value is -2.56. The van der Waals surface area contributed by atoms with E-state index in [1.165, 1.54) is 34.9 Å².